The lowest BCUT2D eigenvalue weighted by atomic mass is 10.2. The first-order chi connectivity index (χ1) is 10.7. The second-order valence-electron chi connectivity index (χ2n) is 4.42. The predicted molar refractivity (Wildman–Crippen MR) is 85.1 cm³/mol. The number of anilines is 1. The minimum atomic E-state index is -0.919. The molecule has 0 fully saturated rings. The number of benzene rings is 2. The Bertz CT molecular complexity index is 800. The van der Waals surface area contributed by atoms with Crippen molar-refractivity contribution in [1.29, 1.82) is 0 Å². The van der Waals surface area contributed by atoms with Gasteiger partial charge in [0, 0.05) is 16.5 Å². The highest BCUT2D eigenvalue weighted by atomic mass is 32.1. The smallest absolute Gasteiger partial charge is 0.203 e. The van der Waals surface area contributed by atoms with Crippen LogP contribution in [0.25, 0.3) is 11.3 Å². The lowest BCUT2D eigenvalue weighted by molar-refractivity contribution is 0.507. The third-order valence-electron chi connectivity index (χ3n) is 2.92. The largest absolute Gasteiger partial charge is 0.253 e. The standard InChI is InChI=1S/C16H11F2N3S/c17-13-8-4-7-12(15(13)18)9-19-21-16-20-14(10-22-16)11-5-2-1-3-6-11/h1-10H,(H,20,21). The van der Waals surface area contributed by atoms with Crippen LogP contribution < -0.4 is 5.43 Å². The zero-order chi connectivity index (χ0) is 15.4. The molecule has 1 heterocycles. The molecule has 110 valence electrons. The van der Waals surface area contributed by atoms with Crippen LogP contribution >= 0.6 is 11.3 Å². The van der Waals surface area contributed by atoms with Gasteiger partial charge < -0.3 is 0 Å². The highest BCUT2D eigenvalue weighted by Crippen LogP contribution is 2.24. The summed E-state index contributed by atoms with van der Waals surface area (Å²) in [4.78, 5) is 4.38. The average molecular weight is 315 g/mol. The molecule has 0 saturated carbocycles. The Morgan fingerprint density at radius 1 is 1.05 bits per heavy atom. The predicted octanol–water partition coefficient (Wildman–Crippen LogP) is 4.53. The zero-order valence-electron chi connectivity index (χ0n) is 11.3. The first-order valence-electron chi connectivity index (χ1n) is 6.48. The Balaban J connectivity index is 1.71. The third-order valence-corrected chi connectivity index (χ3v) is 3.67. The molecule has 2 aromatic carbocycles. The molecule has 0 atom stereocenters. The molecule has 0 aliphatic heterocycles. The number of hydrogen-bond donors (Lipinski definition) is 1. The molecule has 1 aromatic heterocycles. The molecule has 1 N–H and O–H groups in total. The van der Waals surface area contributed by atoms with Crippen molar-refractivity contribution in [2.45, 2.75) is 0 Å². The first kappa shape index (κ1) is 14.3. The van der Waals surface area contributed by atoms with E-state index in [2.05, 4.69) is 15.5 Å². The number of aromatic nitrogens is 1. The van der Waals surface area contributed by atoms with Gasteiger partial charge in [-0.05, 0) is 6.07 Å². The summed E-state index contributed by atoms with van der Waals surface area (Å²) in [5, 5.41) is 6.36. The Hall–Kier alpha value is -2.60. The summed E-state index contributed by atoms with van der Waals surface area (Å²) in [5.41, 5.74) is 4.63. The lowest BCUT2D eigenvalue weighted by Crippen LogP contribution is -1.95. The van der Waals surface area contributed by atoms with E-state index in [0.29, 0.717) is 5.13 Å². The maximum Gasteiger partial charge on any atom is 0.203 e. The van der Waals surface area contributed by atoms with Gasteiger partial charge in [-0.3, -0.25) is 5.43 Å². The number of nitrogens with one attached hydrogen (secondary N) is 1. The molecule has 6 heteroatoms. The van der Waals surface area contributed by atoms with Crippen molar-refractivity contribution in [2.24, 2.45) is 5.10 Å². The summed E-state index contributed by atoms with van der Waals surface area (Å²) < 4.78 is 26.5. The molecule has 0 unspecified atom stereocenters. The van der Waals surface area contributed by atoms with Crippen LogP contribution in [0.1, 0.15) is 5.56 Å². The highest BCUT2D eigenvalue weighted by Gasteiger charge is 2.05. The fourth-order valence-electron chi connectivity index (χ4n) is 1.84. The number of hydrogen-bond acceptors (Lipinski definition) is 4. The van der Waals surface area contributed by atoms with Crippen LogP contribution in [-0.2, 0) is 0 Å². The third kappa shape index (κ3) is 3.17. The van der Waals surface area contributed by atoms with E-state index in [0.717, 1.165) is 17.3 Å². The molecule has 0 saturated heterocycles. The summed E-state index contributed by atoms with van der Waals surface area (Å²) in [7, 11) is 0. The highest BCUT2D eigenvalue weighted by molar-refractivity contribution is 7.14. The Kier molecular flexibility index (Phi) is 4.20. The number of halogens is 2. The normalized spacial score (nSPS) is 11.0. The van der Waals surface area contributed by atoms with Crippen molar-refractivity contribution in [1.82, 2.24) is 4.98 Å². The molecule has 22 heavy (non-hydrogen) atoms. The van der Waals surface area contributed by atoms with Gasteiger partial charge in [-0.15, -0.1) is 11.3 Å². The molecule has 0 radical (unpaired) electrons. The van der Waals surface area contributed by atoms with Crippen molar-refractivity contribution in [3.8, 4) is 11.3 Å². The Morgan fingerprint density at radius 2 is 1.86 bits per heavy atom. The van der Waals surface area contributed by atoms with E-state index in [-0.39, 0.29) is 5.56 Å². The SMILES string of the molecule is Fc1cccc(C=NNc2nc(-c3ccccc3)cs2)c1F. The first-order valence-corrected chi connectivity index (χ1v) is 7.36. The van der Waals surface area contributed by atoms with Gasteiger partial charge in [-0.25, -0.2) is 13.8 Å². The van der Waals surface area contributed by atoms with E-state index in [1.807, 2.05) is 35.7 Å². The summed E-state index contributed by atoms with van der Waals surface area (Å²) in [6.45, 7) is 0. The van der Waals surface area contributed by atoms with Gasteiger partial charge in [-0.1, -0.05) is 42.5 Å². The van der Waals surface area contributed by atoms with Gasteiger partial charge >= 0.3 is 0 Å². The van der Waals surface area contributed by atoms with Crippen LogP contribution in [0.4, 0.5) is 13.9 Å². The van der Waals surface area contributed by atoms with Crippen LogP contribution in [0.3, 0.4) is 0 Å². The topological polar surface area (TPSA) is 37.3 Å². The Labute approximate surface area is 130 Å². The summed E-state index contributed by atoms with van der Waals surface area (Å²) in [6, 6.07) is 13.7. The minimum Gasteiger partial charge on any atom is -0.253 e. The molecular weight excluding hydrogens is 304 g/mol. The van der Waals surface area contributed by atoms with Crippen LogP contribution in [-0.4, -0.2) is 11.2 Å². The van der Waals surface area contributed by atoms with E-state index in [4.69, 9.17) is 0 Å². The summed E-state index contributed by atoms with van der Waals surface area (Å²) >= 11 is 1.38. The second-order valence-corrected chi connectivity index (χ2v) is 5.28. The monoisotopic (exact) mass is 315 g/mol. The molecule has 0 aliphatic rings. The quantitative estimate of drug-likeness (QED) is 0.567. The minimum absolute atomic E-state index is 0.0762. The fraction of sp³-hybridized carbons (Fsp3) is 0. The fourth-order valence-corrected chi connectivity index (χ4v) is 2.51. The number of nitrogens with zero attached hydrogens (tertiary/aromatic N) is 2. The lowest BCUT2D eigenvalue weighted by Gasteiger charge is -1.97. The van der Waals surface area contributed by atoms with E-state index >= 15 is 0 Å². The van der Waals surface area contributed by atoms with E-state index < -0.39 is 11.6 Å². The molecule has 3 rings (SSSR count). The zero-order valence-corrected chi connectivity index (χ0v) is 12.1. The van der Waals surface area contributed by atoms with Crippen LogP contribution in [0, 0.1) is 11.6 Å². The molecule has 0 amide bonds. The van der Waals surface area contributed by atoms with Gasteiger partial charge in [0.1, 0.15) is 0 Å². The van der Waals surface area contributed by atoms with Gasteiger partial charge in [0.2, 0.25) is 5.13 Å². The van der Waals surface area contributed by atoms with Crippen LogP contribution in [0.5, 0.6) is 0 Å². The van der Waals surface area contributed by atoms with Gasteiger partial charge in [0.15, 0.2) is 11.6 Å². The van der Waals surface area contributed by atoms with Gasteiger partial charge in [0.05, 0.1) is 11.9 Å². The molecular formula is C16H11F2N3S. The van der Waals surface area contributed by atoms with E-state index in [1.54, 1.807) is 0 Å². The van der Waals surface area contributed by atoms with Crippen LogP contribution in [0.2, 0.25) is 0 Å². The van der Waals surface area contributed by atoms with Crippen molar-refractivity contribution in [3.63, 3.8) is 0 Å². The summed E-state index contributed by atoms with van der Waals surface area (Å²) in [6.07, 6.45) is 1.22. The number of rotatable bonds is 4. The van der Waals surface area contributed by atoms with Crippen molar-refractivity contribution in [2.75, 3.05) is 5.43 Å². The van der Waals surface area contributed by atoms with E-state index in [9.17, 15) is 8.78 Å². The Morgan fingerprint density at radius 3 is 2.68 bits per heavy atom. The maximum atomic E-state index is 13.4. The number of thiazole rings is 1. The van der Waals surface area contributed by atoms with Crippen molar-refractivity contribution in [3.05, 3.63) is 71.1 Å². The molecule has 3 aromatic rings. The van der Waals surface area contributed by atoms with Gasteiger partial charge in [-0.2, -0.15) is 5.10 Å². The van der Waals surface area contributed by atoms with E-state index in [1.165, 1.54) is 29.7 Å². The molecule has 0 spiro atoms. The van der Waals surface area contributed by atoms with Crippen molar-refractivity contribution >= 4 is 22.7 Å². The van der Waals surface area contributed by atoms with Gasteiger partial charge in [0.25, 0.3) is 0 Å². The maximum absolute atomic E-state index is 13.4. The van der Waals surface area contributed by atoms with Crippen LogP contribution in [0.15, 0.2) is 59.0 Å². The molecule has 3 nitrogen and oxygen atoms in total. The van der Waals surface area contributed by atoms with Crippen molar-refractivity contribution < 1.29 is 8.78 Å². The summed E-state index contributed by atoms with van der Waals surface area (Å²) in [5.74, 6) is -1.82. The second kappa shape index (κ2) is 6.44. The average Bonchev–Trinajstić information content (AvgIpc) is 3.01. The number of hydrazone groups is 1. The molecule has 0 aliphatic carbocycles. The molecule has 0 bridgehead atoms.